The van der Waals surface area contributed by atoms with E-state index in [-0.39, 0.29) is 29.4 Å². The van der Waals surface area contributed by atoms with Crippen LogP contribution in [0.15, 0.2) is 42.5 Å². The summed E-state index contributed by atoms with van der Waals surface area (Å²) in [5.41, 5.74) is 0.281. The van der Waals surface area contributed by atoms with Crippen LogP contribution in [0, 0.1) is 17.5 Å². The van der Waals surface area contributed by atoms with Crippen LogP contribution in [0.4, 0.5) is 13.2 Å². The van der Waals surface area contributed by atoms with Crippen LogP contribution < -0.4 is 10.6 Å². The molecule has 2 rings (SSSR count). The molecule has 0 aliphatic rings. The molecule has 0 atom stereocenters. The van der Waals surface area contributed by atoms with Gasteiger partial charge in [-0.15, -0.1) is 0 Å². The Morgan fingerprint density at radius 1 is 0.923 bits per heavy atom. The molecule has 0 unspecified atom stereocenters. The van der Waals surface area contributed by atoms with Gasteiger partial charge in [0.15, 0.2) is 10.9 Å². The number of Topliss-reactive ketones (excluding diaryl/α,β-unsaturated/α-hetero) is 1. The molecule has 26 heavy (non-hydrogen) atoms. The Morgan fingerprint density at radius 3 is 2.15 bits per heavy atom. The minimum Gasteiger partial charge on any atom is -0.355 e. The molecule has 2 N–H and O–H groups in total. The molecule has 8 heteroatoms. The first kappa shape index (κ1) is 19.6. The zero-order valence-electron chi connectivity index (χ0n) is 13.5. The molecule has 4 nitrogen and oxygen atoms in total. The van der Waals surface area contributed by atoms with Crippen LogP contribution in [-0.2, 0) is 22.4 Å². The van der Waals surface area contributed by atoms with E-state index in [1.165, 1.54) is 30.3 Å². The Bertz CT molecular complexity index is 805. The van der Waals surface area contributed by atoms with E-state index < -0.39 is 29.8 Å². The molecule has 0 aliphatic heterocycles. The van der Waals surface area contributed by atoms with Gasteiger partial charge in [-0.25, -0.2) is 13.2 Å². The Kier molecular flexibility index (Phi) is 6.85. The number of carbonyl (C=O) groups is 2. The minimum absolute atomic E-state index is 0.0737. The van der Waals surface area contributed by atoms with Crippen LogP contribution >= 0.6 is 12.2 Å². The molecule has 136 valence electrons. The summed E-state index contributed by atoms with van der Waals surface area (Å²) in [5, 5.41) is 4.68. The van der Waals surface area contributed by atoms with Crippen molar-refractivity contribution in [1.82, 2.24) is 10.6 Å². The van der Waals surface area contributed by atoms with Crippen molar-refractivity contribution in [1.29, 1.82) is 0 Å². The van der Waals surface area contributed by atoms with Crippen molar-refractivity contribution < 1.29 is 22.8 Å². The molecule has 0 radical (unpaired) electrons. The summed E-state index contributed by atoms with van der Waals surface area (Å²) in [6, 6.07) is 8.80. The van der Waals surface area contributed by atoms with Gasteiger partial charge in [0, 0.05) is 12.0 Å². The number of benzene rings is 2. The van der Waals surface area contributed by atoms with E-state index in [0.717, 1.165) is 12.1 Å². The number of halogens is 3. The summed E-state index contributed by atoms with van der Waals surface area (Å²) >= 11 is 4.88. The van der Waals surface area contributed by atoms with Crippen molar-refractivity contribution in [3.05, 3.63) is 71.0 Å². The lowest BCUT2D eigenvalue weighted by atomic mass is 10.1. The van der Waals surface area contributed by atoms with E-state index in [1.54, 1.807) is 0 Å². The van der Waals surface area contributed by atoms with Gasteiger partial charge in [0.25, 0.3) is 0 Å². The van der Waals surface area contributed by atoms with Gasteiger partial charge in [-0.1, -0.05) is 18.2 Å². The summed E-state index contributed by atoms with van der Waals surface area (Å²) < 4.78 is 39.8. The largest absolute Gasteiger partial charge is 0.355 e. The smallest absolute Gasteiger partial charge is 0.230 e. The van der Waals surface area contributed by atoms with Gasteiger partial charge in [0.1, 0.15) is 17.5 Å². The first-order chi connectivity index (χ1) is 12.3. The van der Waals surface area contributed by atoms with E-state index in [9.17, 15) is 22.8 Å². The molecule has 0 heterocycles. The van der Waals surface area contributed by atoms with E-state index in [4.69, 9.17) is 12.2 Å². The SMILES string of the molecule is O=C(CNC(=S)NC(=O)Cc1c(F)cccc1F)Cc1ccc(F)cc1. The summed E-state index contributed by atoms with van der Waals surface area (Å²) in [6.45, 7) is -0.148. The molecular formula is C18H15F3N2O2S. The van der Waals surface area contributed by atoms with Gasteiger partial charge >= 0.3 is 0 Å². The predicted molar refractivity (Wildman–Crippen MR) is 93.9 cm³/mol. The third-order valence-corrected chi connectivity index (χ3v) is 3.66. The van der Waals surface area contributed by atoms with E-state index in [2.05, 4.69) is 10.6 Å². The predicted octanol–water partition coefficient (Wildman–Crippen LogP) is 2.45. The fourth-order valence-electron chi connectivity index (χ4n) is 2.15. The van der Waals surface area contributed by atoms with Crippen LogP contribution in [-0.4, -0.2) is 23.3 Å². The van der Waals surface area contributed by atoms with E-state index >= 15 is 0 Å². The monoisotopic (exact) mass is 380 g/mol. The Hall–Kier alpha value is -2.74. The number of nitrogens with one attached hydrogen (secondary N) is 2. The third-order valence-electron chi connectivity index (χ3n) is 3.41. The van der Waals surface area contributed by atoms with Crippen LogP contribution in [0.2, 0.25) is 0 Å². The van der Waals surface area contributed by atoms with Crippen LogP contribution in [0.3, 0.4) is 0 Å². The highest BCUT2D eigenvalue weighted by Gasteiger charge is 2.14. The minimum atomic E-state index is -0.825. The summed E-state index contributed by atoms with van der Waals surface area (Å²) in [4.78, 5) is 23.6. The highest BCUT2D eigenvalue weighted by molar-refractivity contribution is 7.80. The zero-order valence-corrected chi connectivity index (χ0v) is 14.3. The lowest BCUT2D eigenvalue weighted by molar-refractivity contribution is -0.119. The second-order valence-corrected chi connectivity index (χ2v) is 5.86. The number of amides is 1. The number of ketones is 1. The maximum Gasteiger partial charge on any atom is 0.230 e. The van der Waals surface area contributed by atoms with Crippen molar-refractivity contribution >= 4 is 29.0 Å². The highest BCUT2D eigenvalue weighted by atomic mass is 32.1. The molecule has 0 saturated carbocycles. The van der Waals surface area contributed by atoms with Crippen molar-refractivity contribution in [2.24, 2.45) is 0 Å². The van der Waals surface area contributed by atoms with Crippen molar-refractivity contribution in [3.8, 4) is 0 Å². The average molecular weight is 380 g/mol. The molecule has 2 aromatic rings. The first-order valence-electron chi connectivity index (χ1n) is 7.62. The van der Waals surface area contributed by atoms with Gasteiger partial charge < -0.3 is 10.6 Å². The van der Waals surface area contributed by atoms with E-state index in [1.807, 2.05) is 0 Å². The second-order valence-electron chi connectivity index (χ2n) is 5.45. The van der Waals surface area contributed by atoms with Gasteiger partial charge in [-0.3, -0.25) is 9.59 Å². The first-order valence-corrected chi connectivity index (χ1v) is 8.02. The fraction of sp³-hybridized carbons (Fsp3) is 0.167. The van der Waals surface area contributed by atoms with Gasteiger partial charge in [0.05, 0.1) is 13.0 Å². The second kappa shape index (κ2) is 9.10. The lowest BCUT2D eigenvalue weighted by Gasteiger charge is -2.10. The highest BCUT2D eigenvalue weighted by Crippen LogP contribution is 2.12. The Balaban J connectivity index is 1.78. The van der Waals surface area contributed by atoms with E-state index in [0.29, 0.717) is 5.56 Å². The number of carbonyl (C=O) groups excluding carboxylic acids is 2. The molecule has 0 spiro atoms. The molecule has 0 saturated heterocycles. The number of hydrogen-bond donors (Lipinski definition) is 2. The summed E-state index contributed by atoms with van der Waals surface area (Å²) in [5.74, 6) is -2.98. The standard InChI is InChI=1S/C18H15F3N2O2S/c19-12-6-4-11(5-7-12)8-13(24)10-22-18(26)23-17(25)9-14-15(20)2-1-3-16(14)21/h1-7H,8-10H2,(H2,22,23,25,26). The molecular weight excluding hydrogens is 365 g/mol. The van der Waals surface area contributed by atoms with Crippen molar-refractivity contribution in [3.63, 3.8) is 0 Å². The van der Waals surface area contributed by atoms with Crippen LogP contribution in [0.5, 0.6) is 0 Å². The van der Waals surface area contributed by atoms with Crippen molar-refractivity contribution in [2.45, 2.75) is 12.8 Å². The van der Waals surface area contributed by atoms with Gasteiger partial charge in [0.2, 0.25) is 5.91 Å². The fourth-order valence-corrected chi connectivity index (χ4v) is 2.33. The van der Waals surface area contributed by atoms with Gasteiger partial charge in [-0.05, 0) is 42.0 Å². The molecule has 1 amide bonds. The summed E-state index contributed by atoms with van der Waals surface area (Å²) in [6.07, 6.45) is -0.450. The molecule has 0 fully saturated rings. The maximum absolute atomic E-state index is 13.5. The summed E-state index contributed by atoms with van der Waals surface area (Å²) in [7, 11) is 0. The normalized spacial score (nSPS) is 10.3. The topological polar surface area (TPSA) is 58.2 Å². The van der Waals surface area contributed by atoms with Gasteiger partial charge in [-0.2, -0.15) is 0 Å². The molecule has 0 bridgehead atoms. The van der Waals surface area contributed by atoms with Crippen LogP contribution in [0.1, 0.15) is 11.1 Å². The third kappa shape index (κ3) is 5.96. The lowest BCUT2D eigenvalue weighted by Crippen LogP contribution is -2.42. The molecule has 2 aromatic carbocycles. The number of hydrogen-bond acceptors (Lipinski definition) is 3. The number of rotatable bonds is 6. The maximum atomic E-state index is 13.5. The Morgan fingerprint density at radius 2 is 1.54 bits per heavy atom. The average Bonchev–Trinajstić information content (AvgIpc) is 2.58. The Labute approximate surface area is 153 Å². The number of thiocarbonyl (C=S) groups is 1. The quantitative estimate of drug-likeness (QED) is 0.756. The molecule has 0 aliphatic carbocycles. The van der Waals surface area contributed by atoms with Crippen LogP contribution in [0.25, 0.3) is 0 Å². The zero-order chi connectivity index (χ0) is 19.1. The van der Waals surface area contributed by atoms with Crippen molar-refractivity contribution in [2.75, 3.05) is 6.54 Å². The molecule has 0 aromatic heterocycles.